The molecule has 0 saturated carbocycles. The van der Waals surface area contributed by atoms with Gasteiger partial charge in [-0.25, -0.2) is 4.39 Å². The van der Waals surface area contributed by atoms with E-state index in [0.29, 0.717) is 31.2 Å². The second-order valence-corrected chi connectivity index (χ2v) is 9.81. The molecule has 1 atom stereocenters. The van der Waals surface area contributed by atoms with E-state index in [9.17, 15) is 50.1 Å². The predicted molar refractivity (Wildman–Crippen MR) is 130 cm³/mol. The Morgan fingerprint density at radius 1 is 0.902 bits per heavy atom. The molecule has 3 amide bonds. The highest BCUT2D eigenvalue weighted by atomic mass is 19.1. The Kier molecular flexibility index (Phi) is 6.92. The second-order valence-electron chi connectivity index (χ2n) is 9.81. The standard InChI is InChI=1S/C25H26FN3O12/c26-15-12(18(33)17(32)11(16(15)31)7-28-3-5-40-6-4-28)9-41-22-10-8-29(25(39)2-1-13(30)27-24(25)38)23(37)14(10)19(34)20(35)21(22)36/h31-36,39H,1-9H2,(H,27,30,38). The van der Waals surface area contributed by atoms with E-state index in [2.05, 4.69) is 0 Å². The van der Waals surface area contributed by atoms with Crippen molar-refractivity contribution in [3.05, 3.63) is 28.1 Å². The number of hydrogen-bond donors (Lipinski definition) is 8. The number of rotatable bonds is 6. The van der Waals surface area contributed by atoms with Crippen molar-refractivity contribution < 1.29 is 64.0 Å². The van der Waals surface area contributed by atoms with Crippen LogP contribution in [-0.2, 0) is 34.0 Å². The maximum Gasteiger partial charge on any atom is 0.279 e. The first-order chi connectivity index (χ1) is 19.4. The maximum atomic E-state index is 15.2. The van der Waals surface area contributed by atoms with Crippen LogP contribution in [0.15, 0.2) is 0 Å². The van der Waals surface area contributed by atoms with Gasteiger partial charge in [-0.2, -0.15) is 0 Å². The average Bonchev–Trinajstić information content (AvgIpc) is 3.30. The normalized spacial score (nSPS) is 21.2. The topological polar surface area (TPSA) is 230 Å². The number of nitrogens with zero attached hydrogens (tertiary/aromatic N) is 2. The van der Waals surface area contributed by atoms with Crippen LogP contribution in [0.3, 0.4) is 0 Å². The molecular formula is C25H26FN3O12. The van der Waals surface area contributed by atoms with Gasteiger partial charge in [-0.15, -0.1) is 0 Å². The van der Waals surface area contributed by atoms with E-state index in [1.54, 1.807) is 4.90 Å². The minimum atomic E-state index is -2.53. The van der Waals surface area contributed by atoms with Gasteiger partial charge in [0.15, 0.2) is 34.6 Å². The summed E-state index contributed by atoms with van der Waals surface area (Å²) in [7, 11) is 0. The van der Waals surface area contributed by atoms with Crippen LogP contribution >= 0.6 is 0 Å². The number of nitrogens with one attached hydrogen (secondary N) is 1. The first-order valence-corrected chi connectivity index (χ1v) is 12.4. The lowest BCUT2D eigenvalue weighted by molar-refractivity contribution is -0.168. The lowest BCUT2D eigenvalue weighted by Gasteiger charge is -2.37. The molecule has 3 heterocycles. The molecule has 0 aromatic heterocycles. The van der Waals surface area contributed by atoms with Gasteiger partial charge in [0.25, 0.3) is 11.8 Å². The maximum absolute atomic E-state index is 15.2. The molecule has 2 fully saturated rings. The molecule has 220 valence electrons. The number of hydrogen-bond acceptors (Lipinski definition) is 13. The summed E-state index contributed by atoms with van der Waals surface area (Å²) in [5.41, 5.74) is -4.52. The molecule has 3 aliphatic rings. The first-order valence-electron chi connectivity index (χ1n) is 12.4. The fraction of sp³-hybridized carbons (Fsp3) is 0.400. The second kappa shape index (κ2) is 10.1. The fourth-order valence-corrected chi connectivity index (χ4v) is 5.07. The Labute approximate surface area is 230 Å². The summed E-state index contributed by atoms with van der Waals surface area (Å²) >= 11 is 0. The predicted octanol–water partition coefficient (Wildman–Crippen LogP) is -0.449. The van der Waals surface area contributed by atoms with E-state index >= 15 is 4.39 Å². The van der Waals surface area contributed by atoms with Gasteiger partial charge in [-0.05, 0) is 0 Å². The van der Waals surface area contributed by atoms with Crippen LogP contribution in [-0.4, -0.2) is 95.3 Å². The zero-order chi connectivity index (χ0) is 29.8. The van der Waals surface area contributed by atoms with Gasteiger partial charge in [0.2, 0.25) is 23.1 Å². The van der Waals surface area contributed by atoms with E-state index in [1.165, 1.54) is 0 Å². The summed E-state index contributed by atoms with van der Waals surface area (Å²) in [6.45, 7) is -0.0917. The molecule has 15 nitrogen and oxygen atoms in total. The van der Waals surface area contributed by atoms with E-state index in [4.69, 9.17) is 9.47 Å². The van der Waals surface area contributed by atoms with Gasteiger partial charge in [0.05, 0.1) is 36.4 Å². The number of phenolic OH excluding ortho intramolecular Hbond substituents is 6. The van der Waals surface area contributed by atoms with E-state index in [1.807, 2.05) is 5.32 Å². The quantitative estimate of drug-likeness (QED) is 0.123. The lowest BCUT2D eigenvalue weighted by Crippen LogP contribution is -2.63. The molecule has 2 aromatic rings. The van der Waals surface area contributed by atoms with Gasteiger partial charge in [0, 0.05) is 38.0 Å². The highest BCUT2D eigenvalue weighted by molar-refractivity contribution is 6.08. The van der Waals surface area contributed by atoms with Crippen LogP contribution in [0.4, 0.5) is 4.39 Å². The molecule has 2 saturated heterocycles. The number of carbonyl (C=O) groups excluding carboxylic acids is 3. The van der Waals surface area contributed by atoms with Crippen LogP contribution in [0.2, 0.25) is 0 Å². The summed E-state index contributed by atoms with van der Waals surface area (Å²) in [4.78, 5) is 39.5. The van der Waals surface area contributed by atoms with Crippen molar-refractivity contribution in [2.24, 2.45) is 0 Å². The average molecular weight is 579 g/mol. The first kappa shape index (κ1) is 28.0. The monoisotopic (exact) mass is 579 g/mol. The Morgan fingerprint density at radius 2 is 1.56 bits per heavy atom. The Bertz CT molecular complexity index is 1450. The summed E-state index contributed by atoms with van der Waals surface area (Å²) in [5.74, 6) is -11.2. The van der Waals surface area contributed by atoms with Crippen molar-refractivity contribution in [3.63, 3.8) is 0 Å². The van der Waals surface area contributed by atoms with Crippen molar-refractivity contribution in [3.8, 4) is 40.2 Å². The number of aromatic hydroxyl groups is 6. The molecule has 3 aliphatic heterocycles. The Morgan fingerprint density at radius 3 is 2.22 bits per heavy atom. The number of benzene rings is 2. The van der Waals surface area contributed by atoms with Gasteiger partial charge in [-0.1, -0.05) is 0 Å². The molecule has 0 radical (unpaired) electrons. The van der Waals surface area contributed by atoms with E-state index in [0.717, 1.165) is 0 Å². The van der Waals surface area contributed by atoms with E-state index < -0.39 is 100 Å². The van der Waals surface area contributed by atoms with Crippen molar-refractivity contribution >= 4 is 17.7 Å². The number of imide groups is 1. The molecule has 0 bridgehead atoms. The molecule has 1 unspecified atom stereocenters. The number of carbonyl (C=O) groups is 3. The minimum absolute atomic E-state index is 0.104. The molecule has 41 heavy (non-hydrogen) atoms. The molecular weight excluding hydrogens is 553 g/mol. The van der Waals surface area contributed by atoms with Crippen molar-refractivity contribution in [2.45, 2.75) is 38.3 Å². The van der Waals surface area contributed by atoms with E-state index in [-0.39, 0.29) is 24.1 Å². The smallest absolute Gasteiger partial charge is 0.279 e. The van der Waals surface area contributed by atoms with Crippen LogP contribution in [0, 0.1) is 5.82 Å². The summed E-state index contributed by atoms with van der Waals surface area (Å²) in [6, 6.07) is 0. The third-order valence-corrected chi connectivity index (χ3v) is 7.42. The zero-order valence-corrected chi connectivity index (χ0v) is 21.3. The van der Waals surface area contributed by atoms with Gasteiger partial charge in [0.1, 0.15) is 6.61 Å². The molecule has 2 aromatic carbocycles. The number of morpholine rings is 1. The third-order valence-electron chi connectivity index (χ3n) is 7.42. The van der Waals surface area contributed by atoms with Crippen molar-refractivity contribution in [1.29, 1.82) is 0 Å². The Hall–Kier alpha value is -4.54. The fourth-order valence-electron chi connectivity index (χ4n) is 5.07. The summed E-state index contributed by atoms with van der Waals surface area (Å²) in [5, 5.41) is 75.5. The van der Waals surface area contributed by atoms with Crippen molar-refractivity contribution in [1.82, 2.24) is 15.1 Å². The SMILES string of the molecule is O=C1CCC(O)(N2Cc3c(OCc4c(O)c(O)c(CN5CCOCC5)c(O)c4F)c(O)c(O)c(O)c3C2=O)C(=O)N1. The number of aliphatic hydroxyl groups is 1. The number of amides is 3. The lowest BCUT2D eigenvalue weighted by atomic mass is 10.00. The van der Waals surface area contributed by atoms with Crippen LogP contribution in [0.25, 0.3) is 0 Å². The number of halogens is 1. The molecule has 0 spiro atoms. The Balaban J connectivity index is 1.47. The molecule has 5 rings (SSSR count). The highest BCUT2D eigenvalue weighted by Crippen LogP contribution is 2.52. The number of fused-ring (bicyclic) bond motifs is 1. The summed E-state index contributed by atoms with van der Waals surface area (Å²) < 4.78 is 25.9. The number of phenols is 6. The molecule has 0 aliphatic carbocycles. The zero-order valence-electron chi connectivity index (χ0n) is 21.3. The van der Waals surface area contributed by atoms with Gasteiger partial charge in [-0.3, -0.25) is 29.5 Å². The van der Waals surface area contributed by atoms with Crippen molar-refractivity contribution in [2.75, 3.05) is 26.3 Å². The van der Waals surface area contributed by atoms with Crippen LogP contribution < -0.4 is 10.1 Å². The summed E-state index contributed by atoms with van der Waals surface area (Å²) in [6.07, 6.45) is -0.804. The minimum Gasteiger partial charge on any atom is -0.504 e. The van der Waals surface area contributed by atoms with Crippen LogP contribution in [0.5, 0.6) is 40.2 Å². The number of ether oxygens (including phenoxy) is 2. The van der Waals surface area contributed by atoms with Gasteiger partial charge >= 0.3 is 0 Å². The highest BCUT2D eigenvalue weighted by Gasteiger charge is 2.53. The third kappa shape index (κ3) is 4.45. The van der Waals surface area contributed by atoms with Gasteiger partial charge < -0.3 is 45.2 Å². The molecule has 8 N–H and O–H groups in total. The number of piperidine rings is 1. The largest absolute Gasteiger partial charge is 0.504 e. The molecule has 16 heteroatoms. The van der Waals surface area contributed by atoms with Crippen LogP contribution in [0.1, 0.15) is 39.9 Å².